The molecule has 0 saturated carbocycles. The van der Waals surface area contributed by atoms with Crippen LogP contribution in [-0.4, -0.2) is 10.9 Å². The van der Waals surface area contributed by atoms with Gasteiger partial charge in [-0.1, -0.05) is 27.5 Å². The number of hydrogen-bond donors (Lipinski definition) is 3. The van der Waals surface area contributed by atoms with Crippen LogP contribution in [-0.2, 0) is 0 Å². The Hall–Kier alpha value is -1.63. The monoisotopic (exact) mass is 340 g/mol. The van der Waals surface area contributed by atoms with Crippen LogP contribution in [0.15, 0.2) is 41.0 Å². The molecule has 5 nitrogen and oxygen atoms in total. The molecule has 1 heterocycles. The fourth-order valence-electron chi connectivity index (χ4n) is 1.39. The quantitative estimate of drug-likeness (QED) is 0.592. The summed E-state index contributed by atoms with van der Waals surface area (Å²) in [6.07, 6.45) is 1.47. The number of halogens is 2. The van der Waals surface area contributed by atoms with Crippen LogP contribution >= 0.6 is 27.5 Å². The fourth-order valence-corrected chi connectivity index (χ4v) is 2.11. The number of amides is 1. The smallest absolute Gasteiger partial charge is 0.274 e. The molecule has 0 spiro atoms. The lowest BCUT2D eigenvalue weighted by Crippen LogP contribution is -2.14. The molecule has 0 aliphatic carbocycles. The minimum absolute atomic E-state index is 0.276. The van der Waals surface area contributed by atoms with Crippen molar-refractivity contribution in [3.8, 4) is 0 Å². The summed E-state index contributed by atoms with van der Waals surface area (Å²) >= 11 is 9.31. The Labute approximate surface area is 123 Å². The highest BCUT2D eigenvalue weighted by Gasteiger charge is 2.09. The zero-order valence-electron chi connectivity index (χ0n) is 9.65. The zero-order valence-corrected chi connectivity index (χ0v) is 12.0. The molecule has 0 fully saturated rings. The Morgan fingerprint density at radius 3 is 2.68 bits per heavy atom. The normalized spacial score (nSPS) is 10.1. The van der Waals surface area contributed by atoms with E-state index in [1.807, 2.05) is 0 Å². The molecule has 0 aliphatic rings. The molecule has 0 bridgehead atoms. The summed E-state index contributed by atoms with van der Waals surface area (Å²) < 4.78 is 0.840. The third kappa shape index (κ3) is 3.44. The number of carbonyl (C=O) groups is 1. The number of hydrogen-bond acceptors (Lipinski definition) is 4. The van der Waals surface area contributed by atoms with E-state index in [0.717, 1.165) is 4.47 Å². The van der Waals surface area contributed by atoms with E-state index in [-0.39, 0.29) is 11.6 Å². The molecular weight excluding hydrogens is 332 g/mol. The topological polar surface area (TPSA) is 80.0 Å². The van der Waals surface area contributed by atoms with Crippen molar-refractivity contribution in [2.45, 2.75) is 0 Å². The Morgan fingerprint density at radius 1 is 1.32 bits per heavy atom. The molecule has 1 aromatic carbocycles. The van der Waals surface area contributed by atoms with Gasteiger partial charge >= 0.3 is 0 Å². The average molecular weight is 342 g/mol. The van der Waals surface area contributed by atoms with Crippen molar-refractivity contribution in [3.63, 3.8) is 0 Å². The van der Waals surface area contributed by atoms with Crippen LogP contribution in [0, 0.1) is 0 Å². The minimum atomic E-state index is -0.340. The molecule has 0 aliphatic heterocycles. The first-order valence-electron chi connectivity index (χ1n) is 5.29. The van der Waals surface area contributed by atoms with Gasteiger partial charge in [-0.2, -0.15) is 0 Å². The highest BCUT2D eigenvalue weighted by atomic mass is 79.9. The van der Waals surface area contributed by atoms with E-state index in [0.29, 0.717) is 16.4 Å². The van der Waals surface area contributed by atoms with Crippen LogP contribution in [0.3, 0.4) is 0 Å². The van der Waals surface area contributed by atoms with Crippen molar-refractivity contribution in [2.75, 3.05) is 10.7 Å². The van der Waals surface area contributed by atoms with Gasteiger partial charge in [0.25, 0.3) is 5.91 Å². The summed E-state index contributed by atoms with van der Waals surface area (Å²) in [7, 11) is 0. The number of nitrogens with two attached hydrogens (primary N) is 1. The largest absolute Gasteiger partial charge is 0.323 e. The summed E-state index contributed by atoms with van der Waals surface area (Å²) in [5, 5.41) is 3.13. The van der Waals surface area contributed by atoms with E-state index in [2.05, 4.69) is 31.7 Å². The summed E-state index contributed by atoms with van der Waals surface area (Å²) in [5.74, 6) is 4.88. The molecule has 1 aromatic heterocycles. The van der Waals surface area contributed by atoms with Gasteiger partial charge in [0.15, 0.2) is 0 Å². The number of nitrogens with one attached hydrogen (secondary N) is 2. The van der Waals surface area contributed by atoms with Gasteiger partial charge < -0.3 is 10.7 Å². The highest BCUT2D eigenvalue weighted by molar-refractivity contribution is 9.10. The second-order valence-electron chi connectivity index (χ2n) is 3.65. The van der Waals surface area contributed by atoms with Gasteiger partial charge in [0.1, 0.15) is 5.69 Å². The van der Waals surface area contributed by atoms with Crippen LogP contribution in [0.25, 0.3) is 0 Å². The number of anilines is 2. The second kappa shape index (κ2) is 6.01. The Morgan fingerprint density at radius 2 is 2.11 bits per heavy atom. The number of nitrogen functional groups attached to an aromatic ring is 1. The molecule has 4 N–H and O–H groups in total. The standard InChI is InChI=1S/C12H10BrClN4O/c13-7-1-3-10(9(14)5-7)17-12(19)11-4-2-8(18-15)6-16-11/h1-6,18H,15H2,(H,17,19). The van der Waals surface area contributed by atoms with Crippen molar-refractivity contribution >= 4 is 44.8 Å². The van der Waals surface area contributed by atoms with E-state index in [1.165, 1.54) is 6.20 Å². The molecule has 0 unspecified atom stereocenters. The number of carbonyl (C=O) groups excluding carboxylic acids is 1. The minimum Gasteiger partial charge on any atom is -0.323 e. The first kappa shape index (κ1) is 13.8. The fraction of sp³-hybridized carbons (Fsp3) is 0. The number of hydrazine groups is 1. The molecule has 0 saturated heterocycles. The number of nitrogens with zero attached hydrogens (tertiary/aromatic N) is 1. The van der Waals surface area contributed by atoms with Crippen molar-refractivity contribution in [3.05, 3.63) is 51.7 Å². The zero-order chi connectivity index (χ0) is 13.8. The molecule has 7 heteroatoms. The van der Waals surface area contributed by atoms with Gasteiger partial charge in [-0.3, -0.25) is 10.6 Å². The first-order chi connectivity index (χ1) is 9.10. The summed E-state index contributed by atoms with van der Waals surface area (Å²) in [6, 6.07) is 8.42. The SMILES string of the molecule is NNc1ccc(C(=O)Nc2ccc(Br)cc2Cl)nc1. The third-order valence-electron chi connectivity index (χ3n) is 2.34. The maximum atomic E-state index is 12.0. The van der Waals surface area contributed by atoms with Gasteiger partial charge in [0.05, 0.1) is 22.6 Å². The number of aromatic nitrogens is 1. The lowest BCUT2D eigenvalue weighted by atomic mass is 10.3. The van der Waals surface area contributed by atoms with Crippen LogP contribution < -0.4 is 16.6 Å². The van der Waals surface area contributed by atoms with Crippen LogP contribution in [0.2, 0.25) is 5.02 Å². The third-order valence-corrected chi connectivity index (χ3v) is 3.15. The van der Waals surface area contributed by atoms with E-state index in [4.69, 9.17) is 17.4 Å². The van der Waals surface area contributed by atoms with Gasteiger partial charge in [-0.05, 0) is 30.3 Å². The van der Waals surface area contributed by atoms with Gasteiger partial charge in [0, 0.05) is 4.47 Å². The molecule has 1 amide bonds. The summed E-state index contributed by atoms with van der Waals surface area (Å²) in [4.78, 5) is 15.9. The van der Waals surface area contributed by atoms with Crippen molar-refractivity contribution in [1.82, 2.24) is 4.98 Å². The molecule has 0 atom stereocenters. The second-order valence-corrected chi connectivity index (χ2v) is 4.98. The van der Waals surface area contributed by atoms with E-state index in [1.54, 1.807) is 30.3 Å². The maximum absolute atomic E-state index is 12.0. The average Bonchev–Trinajstić information content (AvgIpc) is 2.42. The Balaban J connectivity index is 2.15. The van der Waals surface area contributed by atoms with Gasteiger partial charge in [-0.15, -0.1) is 0 Å². The Kier molecular flexibility index (Phi) is 4.36. The predicted molar refractivity (Wildman–Crippen MR) is 79.2 cm³/mol. The lowest BCUT2D eigenvalue weighted by molar-refractivity contribution is 0.102. The maximum Gasteiger partial charge on any atom is 0.274 e. The molecule has 98 valence electrons. The van der Waals surface area contributed by atoms with E-state index in [9.17, 15) is 4.79 Å². The lowest BCUT2D eigenvalue weighted by Gasteiger charge is -2.07. The number of benzene rings is 1. The number of pyridine rings is 1. The van der Waals surface area contributed by atoms with Crippen molar-refractivity contribution < 1.29 is 4.79 Å². The number of rotatable bonds is 3. The van der Waals surface area contributed by atoms with Gasteiger partial charge in [0.2, 0.25) is 0 Å². The first-order valence-corrected chi connectivity index (χ1v) is 6.46. The molecule has 2 rings (SSSR count). The molecule has 0 radical (unpaired) electrons. The molecule has 19 heavy (non-hydrogen) atoms. The molecular formula is C12H10BrClN4O. The van der Waals surface area contributed by atoms with E-state index < -0.39 is 0 Å². The van der Waals surface area contributed by atoms with Gasteiger partial charge in [-0.25, -0.2) is 4.98 Å². The molecule has 2 aromatic rings. The van der Waals surface area contributed by atoms with Crippen LogP contribution in [0.5, 0.6) is 0 Å². The van der Waals surface area contributed by atoms with Crippen molar-refractivity contribution in [1.29, 1.82) is 0 Å². The highest BCUT2D eigenvalue weighted by Crippen LogP contribution is 2.25. The summed E-state index contributed by atoms with van der Waals surface area (Å²) in [5.41, 5.74) is 3.86. The van der Waals surface area contributed by atoms with Crippen LogP contribution in [0.1, 0.15) is 10.5 Å². The predicted octanol–water partition coefficient (Wildman–Crippen LogP) is 3.04. The van der Waals surface area contributed by atoms with E-state index >= 15 is 0 Å². The van der Waals surface area contributed by atoms with Crippen LogP contribution in [0.4, 0.5) is 11.4 Å². The van der Waals surface area contributed by atoms with Crippen molar-refractivity contribution in [2.24, 2.45) is 5.84 Å². The summed E-state index contributed by atoms with van der Waals surface area (Å²) in [6.45, 7) is 0. The Bertz CT molecular complexity index is 603.